The topological polar surface area (TPSA) is 48.7 Å². The van der Waals surface area contributed by atoms with Gasteiger partial charge >= 0.3 is 0 Å². The number of carbonyl (C=O) groups excluding carboxylic acids is 1. The van der Waals surface area contributed by atoms with E-state index in [0.717, 1.165) is 19.5 Å². The molecule has 0 spiro atoms. The van der Waals surface area contributed by atoms with E-state index >= 15 is 0 Å². The van der Waals surface area contributed by atoms with Crippen molar-refractivity contribution in [2.75, 3.05) is 32.7 Å². The van der Waals surface area contributed by atoms with Gasteiger partial charge in [-0.1, -0.05) is 30.1 Å². The van der Waals surface area contributed by atoms with Gasteiger partial charge in [-0.15, -0.1) is 0 Å². The predicted molar refractivity (Wildman–Crippen MR) is 84.1 cm³/mol. The van der Waals surface area contributed by atoms with Crippen LogP contribution in [0.3, 0.4) is 0 Å². The minimum absolute atomic E-state index is 0.0537. The van der Waals surface area contributed by atoms with Gasteiger partial charge in [0.05, 0.1) is 11.1 Å². The summed E-state index contributed by atoms with van der Waals surface area (Å²) >= 11 is 12.0. The van der Waals surface area contributed by atoms with Gasteiger partial charge in [-0.05, 0) is 12.5 Å². The van der Waals surface area contributed by atoms with Crippen molar-refractivity contribution >= 4 is 29.1 Å². The highest BCUT2D eigenvalue weighted by atomic mass is 35.5. The van der Waals surface area contributed by atoms with Crippen LogP contribution in [0.25, 0.3) is 0 Å². The number of aliphatic hydroxyl groups excluding tert-OH is 1. The first-order valence-corrected chi connectivity index (χ1v) is 7.90. The minimum Gasteiger partial charge on any atom is -0.392 e. The Morgan fingerprint density at radius 2 is 1.95 bits per heavy atom. The van der Waals surface area contributed by atoms with Gasteiger partial charge in [-0.2, -0.15) is 0 Å². The van der Waals surface area contributed by atoms with Crippen molar-refractivity contribution in [3.8, 4) is 0 Å². The monoisotopic (exact) mass is 333 g/mol. The Bertz CT molecular complexity index is 511. The Hall–Kier alpha value is -0.750. The first kappa shape index (κ1) is 16.6. The van der Waals surface area contributed by atoms with Crippen LogP contribution in [0, 0.1) is 0 Å². The summed E-state index contributed by atoms with van der Waals surface area (Å²) in [5.74, 6) is -0.0537. The second-order valence-electron chi connectivity index (χ2n) is 5.38. The van der Waals surface area contributed by atoms with E-state index in [4.69, 9.17) is 23.2 Å². The molecular formula is C14H21Cl2N3O2. The van der Waals surface area contributed by atoms with Crippen LogP contribution in [0.15, 0.2) is 6.07 Å². The summed E-state index contributed by atoms with van der Waals surface area (Å²) < 4.78 is 1.61. The molecule has 1 saturated heterocycles. The van der Waals surface area contributed by atoms with Crippen LogP contribution in [-0.4, -0.2) is 64.2 Å². The van der Waals surface area contributed by atoms with Crippen molar-refractivity contribution in [3.63, 3.8) is 0 Å². The van der Waals surface area contributed by atoms with E-state index in [0.29, 0.717) is 35.5 Å². The average molecular weight is 334 g/mol. The van der Waals surface area contributed by atoms with Gasteiger partial charge in [-0.3, -0.25) is 9.69 Å². The maximum atomic E-state index is 12.5. The van der Waals surface area contributed by atoms with Gasteiger partial charge in [0.15, 0.2) is 0 Å². The van der Waals surface area contributed by atoms with Crippen molar-refractivity contribution in [3.05, 3.63) is 21.9 Å². The fraction of sp³-hybridized carbons (Fsp3) is 0.643. The fourth-order valence-corrected chi connectivity index (χ4v) is 2.85. The first-order valence-electron chi connectivity index (χ1n) is 7.14. The lowest BCUT2D eigenvalue weighted by molar-refractivity contribution is 0.0516. The zero-order chi connectivity index (χ0) is 15.6. The molecule has 1 aliphatic rings. The lowest BCUT2D eigenvalue weighted by Gasteiger charge is -2.35. The zero-order valence-corrected chi connectivity index (χ0v) is 13.9. The molecule has 0 saturated carbocycles. The number of amides is 1. The van der Waals surface area contributed by atoms with Crippen molar-refractivity contribution in [2.24, 2.45) is 7.05 Å². The third-order valence-electron chi connectivity index (χ3n) is 3.94. The van der Waals surface area contributed by atoms with Gasteiger partial charge in [0, 0.05) is 39.8 Å². The molecule has 0 radical (unpaired) electrons. The predicted octanol–water partition coefficient (Wildman–Crippen LogP) is 1.86. The molecule has 118 valence electrons. The highest BCUT2D eigenvalue weighted by molar-refractivity contribution is 6.41. The third kappa shape index (κ3) is 3.72. The number of carbonyl (C=O) groups is 1. The molecule has 21 heavy (non-hydrogen) atoms. The molecule has 1 unspecified atom stereocenters. The van der Waals surface area contributed by atoms with Crippen LogP contribution in [0.5, 0.6) is 0 Å². The zero-order valence-electron chi connectivity index (χ0n) is 12.4. The molecule has 1 fully saturated rings. The smallest absolute Gasteiger partial charge is 0.270 e. The van der Waals surface area contributed by atoms with Gasteiger partial charge < -0.3 is 14.6 Å². The quantitative estimate of drug-likeness (QED) is 0.914. The van der Waals surface area contributed by atoms with E-state index in [1.54, 1.807) is 22.6 Å². The number of β-amino-alcohol motifs (C(OH)–C–C–N with tert-alkyl or cyclic N) is 1. The maximum absolute atomic E-state index is 12.5. The van der Waals surface area contributed by atoms with Crippen LogP contribution < -0.4 is 0 Å². The van der Waals surface area contributed by atoms with E-state index in [-0.39, 0.29) is 12.0 Å². The molecule has 1 amide bonds. The first-order chi connectivity index (χ1) is 9.93. The molecule has 1 aromatic heterocycles. The maximum Gasteiger partial charge on any atom is 0.270 e. The van der Waals surface area contributed by atoms with Crippen LogP contribution in [0.1, 0.15) is 23.8 Å². The molecule has 1 aromatic rings. The molecule has 0 aliphatic carbocycles. The lowest BCUT2D eigenvalue weighted by atomic mass is 10.2. The standard InChI is InChI=1S/C14H21Cl2N3O2/c1-3-10(20)9-18-4-6-19(7-5-18)14(21)12-8-11(15)13(16)17(12)2/h8,10,20H,3-7,9H2,1-2H3. The third-order valence-corrected chi connectivity index (χ3v) is 4.78. The minimum atomic E-state index is -0.294. The molecular weight excluding hydrogens is 313 g/mol. The number of aromatic nitrogens is 1. The number of piperazine rings is 1. The van der Waals surface area contributed by atoms with Crippen molar-refractivity contribution in [2.45, 2.75) is 19.4 Å². The van der Waals surface area contributed by atoms with Crippen molar-refractivity contribution in [1.29, 1.82) is 0 Å². The normalized spacial score (nSPS) is 18.0. The van der Waals surface area contributed by atoms with Crippen LogP contribution in [-0.2, 0) is 7.05 Å². The number of hydrogen-bond acceptors (Lipinski definition) is 3. The molecule has 1 atom stereocenters. The lowest BCUT2D eigenvalue weighted by Crippen LogP contribution is -2.50. The van der Waals surface area contributed by atoms with E-state index in [2.05, 4.69) is 4.90 Å². The second-order valence-corrected chi connectivity index (χ2v) is 6.15. The molecule has 2 heterocycles. The summed E-state index contributed by atoms with van der Waals surface area (Å²) in [7, 11) is 1.73. The van der Waals surface area contributed by atoms with Crippen molar-refractivity contribution < 1.29 is 9.90 Å². The summed E-state index contributed by atoms with van der Waals surface area (Å²) in [5.41, 5.74) is 0.507. The Kier molecular flexibility index (Phi) is 5.54. The number of nitrogens with zero attached hydrogens (tertiary/aromatic N) is 3. The Balaban J connectivity index is 1.95. The Morgan fingerprint density at radius 1 is 1.33 bits per heavy atom. The van der Waals surface area contributed by atoms with E-state index in [1.807, 2.05) is 6.92 Å². The number of rotatable bonds is 4. The number of halogens is 2. The number of hydrogen-bond donors (Lipinski definition) is 1. The molecule has 0 bridgehead atoms. The molecule has 5 nitrogen and oxygen atoms in total. The van der Waals surface area contributed by atoms with Crippen molar-refractivity contribution in [1.82, 2.24) is 14.4 Å². The van der Waals surface area contributed by atoms with Crippen LogP contribution >= 0.6 is 23.2 Å². The molecule has 1 aliphatic heterocycles. The summed E-state index contributed by atoms with van der Waals surface area (Å²) in [6, 6.07) is 1.61. The summed E-state index contributed by atoms with van der Waals surface area (Å²) in [6.45, 7) is 5.47. The Morgan fingerprint density at radius 3 is 2.43 bits per heavy atom. The molecule has 2 rings (SSSR count). The average Bonchev–Trinajstić information content (AvgIpc) is 2.75. The van der Waals surface area contributed by atoms with Gasteiger partial charge in [0.1, 0.15) is 10.8 Å². The van der Waals surface area contributed by atoms with Crippen LogP contribution in [0.4, 0.5) is 0 Å². The fourth-order valence-electron chi connectivity index (χ4n) is 2.47. The highest BCUT2D eigenvalue weighted by Crippen LogP contribution is 2.26. The Labute approximate surface area is 135 Å². The molecule has 0 aromatic carbocycles. The van der Waals surface area contributed by atoms with E-state index in [1.165, 1.54) is 0 Å². The summed E-state index contributed by atoms with van der Waals surface area (Å²) in [6.07, 6.45) is 0.456. The SMILES string of the molecule is CCC(O)CN1CCN(C(=O)c2cc(Cl)c(Cl)n2C)CC1. The number of aliphatic hydroxyl groups is 1. The second kappa shape index (κ2) is 7.01. The van der Waals surface area contributed by atoms with Crippen LogP contribution in [0.2, 0.25) is 10.2 Å². The van der Waals surface area contributed by atoms with Gasteiger partial charge in [0.2, 0.25) is 0 Å². The largest absolute Gasteiger partial charge is 0.392 e. The van der Waals surface area contributed by atoms with Gasteiger partial charge in [0.25, 0.3) is 5.91 Å². The summed E-state index contributed by atoms with van der Waals surface area (Å²) in [4.78, 5) is 16.5. The highest BCUT2D eigenvalue weighted by Gasteiger charge is 2.25. The molecule has 7 heteroatoms. The van der Waals surface area contributed by atoms with E-state index < -0.39 is 0 Å². The molecule has 1 N–H and O–H groups in total. The van der Waals surface area contributed by atoms with Gasteiger partial charge in [-0.25, -0.2) is 0 Å². The van der Waals surface area contributed by atoms with E-state index in [9.17, 15) is 9.90 Å². The summed E-state index contributed by atoms with van der Waals surface area (Å²) in [5, 5.41) is 10.5.